The number of thiocarbonyl (C=S) groups is 1. The molecule has 4 bridgehead atoms. The van der Waals surface area contributed by atoms with Gasteiger partial charge in [-0.15, -0.1) is 0 Å². The Morgan fingerprint density at radius 1 is 1.06 bits per heavy atom. The summed E-state index contributed by atoms with van der Waals surface area (Å²) in [6, 6.07) is 14.7. The van der Waals surface area contributed by atoms with Crippen molar-refractivity contribution in [1.82, 2.24) is 0 Å². The van der Waals surface area contributed by atoms with Crippen LogP contribution >= 0.6 is 24.0 Å². The molecule has 4 saturated carbocycles. The molecule has 0 spiro atoms. The lowest BCUT2D eigenvalue weighted by Gasteiger charge is -2.57. The molecular weight excluding hydrogens is 484 g/mol. The molecule has 4 nitrogen and oxygen atoms in total. The van der Waals surface area contributed by atoms with Crippen LogP contribution in [-0.4, -0.2) is 30.9 Å². The van der Waals surface area contributed by atoms with Gasteiger partial charge in [0.2, 0.25) is 0 Å². The summed E-state index contributed by atoms with van der Waals surface area (Å²) in [5, 5.41) is 0. The molecule has 36 heavy (non-hydrogen) atoms. The van der Waals surface area contributed by atoms with E-state index in [2.05, 4.69) is 18.2 Å². The number of amides is 1. The normalized spacial score (nSPS) is 29.9. The van der Waals surface area contributed by atoms with Crippen molar-refractivity contribution in [3.63, 3.8) is 0 Å². The van der Waals surface area contributed by atoms with E-state index in [4.69, 9.17) is 17.0 Å². The third kappa shape index (κ3) is 4.16. The van der Waals surface area contributed by atoms with Crippen molar-refractivity contribution < 1.29 is 9.53 Å². The first-order valence-corrected chi connectivity index (χ1v) is 14.4. The Balaban J connectivity index is 1.33. The van der Waals surface area contributed by atoms with Crippen LogP contribution < -0.4 is 14.5 Å². The van der Waals surface area contributed by atoms with Gasteiger partial charge in [0.05, 0.1) is 17.2 Å². The van der Waals surface area contributed by atoms with Gasteiger partial charge in [0.25, 0.3) is 5.91 Å². The summed E-state index contributed by atoms with van der Waals surface area (Å²) in [5.74, 6) is 3.45. The van der Waals surface area contributed by atoms with E-state index in [0.29, 0.717) is 21.2 Å². The maximum absolute atomic E-state index is 13.5. The summed E-state index contributed by atoms with van der Waals surface area (Å²) in [4.78, 5) is 17.9. The van der Waals surface area contributed by atoms with Crippen LogP contribution in [0.15, 0.2) is 47.4 Å². The van der Waals surface area contributed by atoms with Crippen LogP contribution in [-0.2, 0) is 10.2 Å². The number of nitrogens with zero attached hydrogens (tertiary/aromatic N) is 2. The predicted molar refractivity (Wildman–Crippen MR) is 154 cm³/mol. The highest BCUT2D eigenvalue weighted by Crippen LogP contribution is 2.61. The van der Waals surface area contributed by atoms with Gasteiger partial charge in [-0.05, 0) is 117 Å². The molecule has 0 aromatic heterocycles. The fourth-order valence-electron chi connectivity index (χ4n) is 7.47. The third-order valence-corrected chi connectivity index (χ3v) is 9.97. The summed E-state index contributed by atoms with van der Waals surface area (Å²) < 4.78 is 6.58. The quantitative estimate of drug-likeness (QED) is 0.303. The Bertz CT molecular complexity index is 1200. The molecular formula is C30H34N2O2S2. The van der Waals surface area contributed by atoms with E-state index < -0.39 is 0 Å². The zero-order valence-electron chi connectivity index (χ0n) is 21.3. The molecule has 1 heterocycles. The largest absolute Gasteiger partial charge is 0.493 e. The Hall–Kier alpha value is -2.31. The molecule has 0 atom stereocenters. The van der Waals surface area contributed by atoms with Gasteiger partial charge in [0.15, 0.2) is 4.32 Å². The summed E-state index contributed by atoms with van der Waals surface area (Å²) in [6.45, 7) is 2.60. The summed E-state index contributed by atoms with van der Waals surface area (Å²) in [6.07, 6.45) is 10.2. The topological polar surface area (TPSA) is 32.8 Å². The summed E-state index contributed by atoms with van der Waals surface area (Å²) in [5.41, 5.74) is 4.62. The molecule has 188 valence electrons. The number of hydrogen-bond donors (Lipinski definition) is 0. The molecule has 1 amide bonds. The number of carbonyl (C=O) groups is 1. The van der Waals surface area contributed by atoms with Crippen molar-refractivity contribution in [2.45, 2.75) is 50.9 Å². The van der Waals surface area contributed by atoms with Crippen LogP contribution in [0, 0.1) is 17.8 Å². The monoisotopic (exact) mass is 518 g/mol. The maximum atomic E-state index is 13.5. The maximum Gasteiger partial charge on any atom is 0.270 e. The van der Waals surface area contributed by atoms with Crippen molar-refractivity contribution >= 4 is 51.7 Å². The first-order chi connectivity index (χ1) is 17.3. The van der Waals surface area contributed by atoms with Gasteiger partial charge in [0, 0.05) is 25.3 Å². The number of carbonyl (C=O) groups excluding carboxylic acids is 1. The second kappa shape index (κ2) is 9.21. The van der Waals surface area contributed by atoms with Crippen LogP contribution in [0.2, 0.25) is 0 Å². The third-order valence-electron chi connectivity index (χ3n) is 8.66. The van der Waals surface area contributed by atoms with Gasteiger partial charge in [-0.2, -0.15) is 0 Å². The highest BCUT2D eigenvalue weighted by Gasteiger charge is 2.51. The molecule has 0 radical (unpaired) electrons. The van der Waals surface area contributed by atoms with Gasteiger partial charge < -0.3 is 9.64 Å². The molecule has 5 fully saturated rings. The lowest BCUT2D eigenvalue weighted by molar-refractivity contribution is -0.113. The molecule has 7 rings (SSSR count). The van der Waals surface area contributed by atoms with Crippen molar-refractivity contribution in [2.24, 2.45) is 17.8 Å². The average molecular weight is 519 g/mol. The number of anilines is 2. The van der Waals surface area contributed by atoms with E-state index in [-0.39, 0.29) is 5.91 Å². The lowest BCUT2D eigenvalue weighted by Crippen LogP contribution is -2.48. The van der Waals surface area contributed by atoms with E-state index in [1.54, 1.807) is 4.90 Å². The van der Waals surface area contributed by atoms with Crippen LogP contribution in [0.25, 0.3) is 6.08 Å². The minimum Gasteiger partial charge on any atom is -0.493 e. The zero-order valence-corrected chi connectivity index (χ0v) is 23.0. The first kappa shape index (κ1) is 24.1. The van der Waals surface area contributed by atoms with Crippen LogP contribution in [0.3, 0.4) is 0 Å². The molecule has 0 unspecified atom stereocenters. The van der Waals surface area contributed by atoms with E-state index in [9.17, 15) is 4.79 Å². The van der Waals surface area contributed by atoms with Gasteiger partial charge in [-0.25, -0.2) is 0 Å². The average Bonchev–Trinajstić information content (AvgIpc) is 3.12. The van der Waals surface area contributed by atoms with Gasteiger partial charge in [-0.1, -0.05) is 30.0 Å². The SMILES string of the molecule is CCOc1ccc(C23CC4CC(CC(C4)C2)C3)cc1/C=C1/SC(=S)N(c2ccc(N(C)C)cc2)C1=O. The van der Waals surface area contributed by atoms with E-state index in [1.807, 2.05) is 56.3 Å². The zero-order chi connectivity index (χ0) is 25.0. The molecule has 0 N–H and O–H groups in total. The highest BCUT2D eigenvalue weighted by molar-refractivity contribution is 8.27. The second-order valence-corrected chi connectivity index (χ2v) is 13.0. The van der Waals surface area contributed by atoms with Crippen molar-refractivity contribution in [3.05, 3.63) is 58.5 Å². The van der Waals surface area contributed by atoms with Gasteiger partial charge >= 0.3 is 0 Å². The van der Waals surface area contributed by atoms with Gasteiger partial charge in [-0.3, -0.25) is 9.69 Å². The molecule has 4 aliphatic carbocycles. The minimum absolute atomic E-state index is 0.0646. The smallest absolute Gasteiger partial charge is 0.270 e. The fraction of sp³-hybridized carbons (Fsp3) is 0.467. The van der Waals surface area contributed by atoms with Gasteiger partial charge in [0.1, 0.15) is 5.75 Å². The summed E-state index contributed by atoms with van der Waals surface area (Å²) in [7, 11) is 4.01. The molecule has 6 heteroatoms. The number of ether oxygens (including phenoxy) is 1. The minimum atomic E-state index is -0.0646. The number of rotatable bonds is 6. The Kier molecular flexibility index (Phi) is 6.16. The highest BCUT2D eigenvalue weighted by atomic mass is 32.2. The first-order valence-electron chi connectivity index (χ1n) is 13.2. The van der Waals surface area contributed by atoms with Crippen LogP contribution in [0.4, 0.5) is 11.4 Å². The predicted octanol–water partition coefficient (Wildman–Crippen LogP) is 7.02. The Morgan fingerprint density at radius 2 is 1.69 bits per heavy atom. The Morgan fingerprint density at radius 3 is 2.28 bits per heavy atom. The molecule has 1 saturated heterocycles. The molecule has 2 aromatic rings. The van der Waals surface area contributed by atoms with E-state index in [0.717, 1.165) is 40.4 Å². The van der Waals surface area contributed by atoms with E-state index >= 15 is 0 Å². The Labute approximate surface area is 224 Å². The van der Waals surface area contributed by atoms with Crippen molar-refractivity contribution in [2.75, 3.05) is 30.5 Å². The standard InChI is InChI=1S/C30H34N2O2S2/c1-4-34-26-10-5-23(30-16-19-11-20(17-30)13-21(12-19)18-30)14-22(26)15-27-28(33)32(29(35)36-27)25-8-6-24(7-9-25)31(2)3/h5-10,14-15,19-21H,4,11-13,16-18H2,1-3H3/b27-15+. The second-order valence-electron chi connectivity index (χ2n) is 11.3. The van der Waals surface area contributed by atoms with E-state index in [1.165, 1.54) is 55.9 Å². The van der Waals surface area contributed by atoms with Crippen molar-refractivity contribution in [3.8, 4) is 5.75 Å². The van der Waals surface area contributed by atoms with Crippen LogP contribution in [0.5, 0.6) is 5.75 Å². The number of hydrogen-bond acceptors (Lipinski definition) is 5. The molecule has 5 aliphatic rings. The number of thioether (sulfide) groups is 1. The molecule has 1 aliphatic heterocycles. The van der Waals surface area contributed by atoms with Crippen molar-refractivity contribution in [1.29, 1.82) is 0 Å². The lowest BCUT2D eigenvalue weighted by atomic mass is 9.48. The summed E-state index contributed by atoms with van der Waals surface area (Å²) >= 11 is 7.03. The fourth-order valence-corrected chi connectivity index (χ4v) is 8.76. The van der Waals surface area contributed by atoms with Crippen LogP contribution in [0.1, 0.15) is 56.6 Å². The molecule has 2 aromatic carbocycles. The number of benzene rings is 2.